The summed E-state index contributed by atoms with van der Waals surface area (Å²) in [6, 6.07) is 3.66. The van der Waals surface area contributed by atoms with E-state index >= 15 is 0 Å². The van der Waals surface area contributed by atoms with E-state index in [1.54, 1.807) is 0 Å². The predicted molar refractivity (Wildman–Crippen MR) is 70.3 cm³/mol. The third kappa shape index (κ3) is 4.72. The third-order valence-electron chi connectivity index (χ3n) is 2.77. The SMILES string of the molecule is Cl.Fc1ccc(N2CCNCC2)c(OCC(F)(F)F)c1. The van der Waals surface area contributed by atoms with E-state index in [0.717, 1.165) is 19.2 Å². The Bertz CT molecular complexity index is 436. The molecule has 1 aliphatic heterocycles. The molecule has 0 amide bonds. The van der Waals surface area contributed by atoms with Crippen molar-refractivity contribution in [1.29, 1.82) is 0 Å². The summed E-state index contributed by atoms with van der Waals surface area (Å²) in [6.45, 7) is 1.34. The van der Waals surface area contributed by atoms with Crippen molar-refractivity contribution >= 4 is 18.1 Å². The van der Waals surface area contributed by atoms with Gasteiger partial charge in [0.15, 0.2) is 6.61 Å². The standard InChI is InChI=1S/C12H14F4N2O.ClH/c13-9-1-2-10(18-5-3-17-4-6-18)11(7-9)19-8-12(14,15)16;/h1-2,7,17H,3-6,8H2;1H. The average Bonchev–Trinajstić information content (AvgIpc) is 2.37. The lowest BCUT2D eigenvalue weighted by molar-refractivity contribution is -0.153. The summed E-state index contributed by atoms with van der Waals surface area (Å²) in [6.07, 6.45) is -4.44. The highest BCUT2D eigenvalue weighted by atomic mass is 35.5. The number of nitrogens with one attached hydrogen (secondary N) is 1. The fourth-order valence-corrected chi connectivity index (χ4v) is 1.93. The first kappa shape index (κ1) is 16.8. The molecule has 0 aliphatic carbocycles. The van der Waals surface area contributed by atoms with Crippen LogP contribution in [0, 0.1) is 5.82 Å². The van der Waals surface area contributed by atoms with Gasteiger partial charge < -0.3 is 15.0 Å². The number of anilines is 1. The summed E-state index contributed by atoms with van der Waals surface area (Å²) in [5.41, 5.74) is 0.493. The maximum atomic E-state index is 13.1. The maximum absolute atomic E-state index is 13.1. The molecule has 1 heterocycles. The van der Waals surface area contributed by atoms with Gasteiger partial charge in [-0.25, -0.2) is 4.39 Å². The monoisotopic (exact) mass is 314 g/mol. The number of alkyl halides is 3. The van der Waals surface area contributed by atoms with E-state index < -0.39 is 18.6 Å². The molecule has 1 aromatic carbocycles. The Morgan fingerprint density at radius 1 is 1.20 bits per heavy atom. The van der Waals surface area contributed by atoms with E-state index in [4.69, 9.17) is 4.74 Å². The normalized spacial score (nSPS) is 15.7. The molecular weight excluding hydrogens is 300 g/mol. The van der Waals surface area contributed by atoms with Crippen LogP contribution in [-0.4, -0.2) is 39.0 Å². The van der Waals surface area contributed by atoms with Gasteiger partial charge in [-0.1, -0.05) is 0 Å². The molecule has 1 fully saturated rings. The Morgan fingerprint density at radius 2 is 1.85 bits per heavy atom. The van der Waals surface area contributed by atoms with Gasteiger partial charge in [0.2, 0.25) is 0 Å². The smallest absolute Gasteiger partial charge is 0.422 e. The van der Waals surface area contributed by atoms with Crippen LogP contribution < -0.4 is 15.0 Å². The van der Waals surface area contributed by atoms with Crippen LogP contribution in [0.3, 0.4) is 0 Å². The van der Waals surface area contributed by atoms with Crippen LogP contribution in [0.5, 0.6) is 5.75 Å². The Kier molecular flexibility index (Phi) is 5.88. The van der Waals surface area contributed by atoms with Crippen molar-refractivity contribution in [3.8, 4) is 5.75 Å². The van der Waals surface area contributed by atoms with Gasteiger partial charge in [-0.05, 0) is 12.1 Å². The van der Waals surface area contributed by atoms with Crippen molar-refractivity contribution in [3.05, 3.63) is 24.0 Å². The van der Waals surface area contributed by atoms with Crippen LogP contribution in [0.1, 0.15) is 0 Å². The number of hydrogen-bond donors (Lipinski definition) is 1. The number of halogens is 5. The molecule has 0 spiro atoms. The summed E-state index contributed by atoms with van der Waals surface area (Å²) in [7, 11) is 0. The van der Waals surface area contributed by atoms with Crippen molar-refractivity contribution in [3.63, 3.8) is 0 Å². The molecule has 1 saturated heterocycles. The Balaban J connectivity index is 0.00000200. The maximum Gasteiger partial charge on any atom is 0.422 e. The fourth-order valence-electron chi connectivity index (χ4n) is 1.93. The summed E-state index contributed by atoms with van der Waals surface area (Å²) in [5.74, 6) is -0.685. The van der Waals surface area contributed by atoms with Gasteiger partial charge in [0.05, 0.1) is 5.69 Å². The quantitative estimate of drug-likeness (QED) is 0.868. The molecule has 0 aromatic heterocycles. The second-order valence-electron chi connectivity index (χ2n) is 4.25. The van der Waals surface area contributed by atoms with Gasteiger partial charge in [0.1, 0.15) is 11.6 Å². The van der Waals surface area contributed by atoms with Crippen LogP contribution in [0.2, 0.25) is 0 Å². The van der Waals surface area contributed by atoms with Crippen molar-refractivity contribution in [1.82, 2.24) is 5.32 Å². The zero-order valence-corrected chi connectivity index (χ0v) is 11.4. The minimum absolute atomic E-state index is 0. The second-order valence-corrected chi connectivity index (χ2v) is 4.25. The Hall–Kier alpha value is -1.21. The molecule has 20 heavy (non-hydrogen) atoms. The van der Waals surface area contributed by atoms with E-state index in [-0.39, 0.29) is 18.2 Å². The molecule has 1 aromatic rings. The zero-order valence-electron chi connectivity index (χ0n) is 10.5. The topological polar surface area (TPSA) is 24.5 Å². The van der Waals surface area contributed by atoms with Crippen LogP contribution in [0.4, 0.5) is 23.2 Å². The highest BCUT2D eigenvalue weighted by molar-refractivity contribution is 5.85. The Morgan fingerprint density at radius 3 is 2.45 bits per heavy atom. The molecule has 1 aliphatic rings. The van der Waals surface area contributed by atoms with Crippen molar-refractivity contribution in [2.75, 3.05) is 37.7 Å². The predicted octanol–water partition coefficient (Wildman–Crippen LogP) is 2.60. The number of ether oxygens (including phenoxy) is 1. The van der Waals surface area contributed by atoms with Gasteiger partial charge in [0, 0.05) is 32.2 Å². The van der Waals surface area contributed by atoms with E-state index in [1.807, 2.05) is 4.90 Å². The van der Waals surface area contributed by atoms with Crippen LogP contribution >= 0.6 is 12.4 Å². The zero-order chi connectivity index (χ0) is 13.9. The summed E-state index contributed by atoms with van der Waals surface area (Å²) < 4.78 is 54.4. The van der Waals surface area contributed by atoms with Gasteiger partial charge in [-0.15, -0.1) is 12.4 Å². The molecule has 114 valence electrons. The molecular formula is C12H15ClF4N2O. The van der Waals surface area contributed by atoms with Gasteiger partial charge in [0.25, 0.3) is 0 Å². The first-order valence-electron chi connectivity index (χ1n) is 5.90. The van der Waals surface area contributed by atoms with Crippen molar-refractivity contribution in [2.24, 2.45) is 0 Å². The minimum atomic E-state index is -4.44. The Labute approximate surface area is 120 Å². The fraction of sp³-hybridized carbons (Fsp3) is 0.500. The van der Waals surface area contributed by atoms with E-state index in [1.165, 1.54) is 12.1 Å². The summed E-state index contributed by atoms with van der Waals surface area (Å²) in [5, 5.41) is 3.14. The highest BCUT2D eigenvalue weighted by Gasteiger charge is 2.29. The van der Waals surface area contributed by atoms with E-state index in [0.29, 0.717) is 18.8 Å². The van der Waals surface area contributed by atoms with Crippen LogP contribution in [0.25, 0.3) is 0 Å². The number of benzene rings is 1. The lowest BCUT2D eigenvalue weighted by Gasteiger charge is -2.30. The average molecular weight is 315 g/mol. The van der Waals surface area contributed by atoms with Gasteiger partial charge in [-0.2, -0.15) is 13.2 Å². The van der Waals surface area contributed by atoms with Crippen LogP contribution in [-0.2, 0) is 0 Å². The molecule has 1 N–H and O–H groups in total. The lowest BCUT2D eigenvalue weighted by Crippen LogP contribution is -2.43. The number of hydrogen-bond acceptors (Lipinski definition) is 3. The van der Waals surface area contributed by atoms with Gasteiger partial charge >= 0.3 is 6.18 Å². The van der Waals surface area contributed by atoms with Crippen LogP contribution in [0.15, 0.2) is 18.2 Å². The molecule has 0 radical (unpaired) electrons. The molecule has 3 nitrogen and oxygen atoms in total. The summed E-state index contributed by atoms with van der Waals surface area (Å²) in [4.78, 5) is 1.88. The molecule has 0 bridgehead atoms. The molecule has 0 saturated carbocycles. The summed E-state index contributed by atoms with van der Waals surface area (Å²) >= 11 is 0. The molecule has 0 unspecified atom stereocenters. The van der Waals surface area contributed by atoms with E-state index in [2.05, 4.69) is 5.32 Å². The number of rotatable bonds is 3. The third-order valence-corrected chi connectivity index (χ3v) is 2.77. The molecule has 0 atom stereocenters. The van der Waals surface area contributed by atoms with Crippen molar-refractivity contribution in [2.45, 2.75) is 6.18 Å². The van der Waals surface area contributed by atoms with Crippen molar-refractivity contribution < 1.29 is 22.3 Å². The molecule has 2 rings (SSSR count). The first-order chi connectivity index (χ1) is 8.96. The lowest BCUT2D eigenvalue weighted by atomic mass is 10.2. The first-order valence-corrected chi connectivity index (χ1v) is 5.90. The minimum Gasteiger partial charge on any atom is -0.482 e. The molecule has 8 heteroatoms. The number of nitrogens with zero attached hydrogens (tertiary/aromatic N) is 1. The largest absolute Gasteiger partial charge is 0.482 e. The van der Waals surface area contributed by atoms with E-state index in [9.17, 15) is 17.6 Å². The highest BCUT2D eigenvalue weighted by Crippen LogP contribution is 2.31. The number of piperazine rings is 1. The second kappa shape index (κ2) is 6.99. The van der Waals surface area contributed by atoms with Gasteiger partial charge in [-0.3, -0.25) is 0 Å².